The van der Waals surface area contributed by atoms with Crippen LogP contribution in [0.5, 0.6) is 0 Å². The van der Waals surface area contributed by atoms with E-state index in [0.29, 0.717) is 0 Å². The molecule has 1 fully saturated rings. The van der Waals surface area contributed by atoms with E-state index >= 15 is 0 Å². The van der Waals surface area contributed by atoms with Crippen LogP contribution < -0.4 is 5.32 Å². The minimum atomic E-state index is 0.750. The molecule has 2 atom stereocenters. The molecule has 1 heterocycles. The minimum Gasteiger partial charge on any atom is -0.314 e. The summed E-state index contributed by atoms with van der Waals surface area (Å²) in [5.41, 5.74) is 0. The highest BCUT2D eigenvalue weighted by molar-refractivity contribution is 7.99. The molecular formula is C11H20N4S. The van der Waals surface area contributed by atoms with Gasteiger partial charge in [-0.05, 0) is 31.7 Å². The summed E-state index contributed by atoms with van der Waals surface area (Å²) in [6.45, 7) is 3.29. The molecule has 16 heavy (non-hydrogen) atoms. The van der Waals surface area contributed by atoms with Gasteiger partial charge in [-0.3, -0.25) is 5.10 Å². The zero-order valence-electron chi connectivity index (χ0n) is 9.78. The third-order valence-corrected chi connectivity index (χ3v) is 4.16. The summed E-state index contributed by atoms with van der Waals surface area (Å²) in [5.74, 6) is 2.00. The van der Waals surface area contributed by atoms with Crippen LogP contribution in [0, 0.1) is 5.92 Å². The smallest absolute Gasteiger partial charge is 0.183 e. The standard InChI is InChI=1S/C11H20N4S/c1-2-12-10-5-3-4-9(10)6-7-16-11-13-8-14-15-11/h8-10,12H,2-7H2,1H3,(H,13,14,15). The Bertz CT molecular complexity index is 288. The molecule has 2 unspecified atom stereocenters. The van der Waals surface area contributed by atoms with Gasteiger partial charge >= 0.3 is 0 Å². The molecular weight excluding hydrogens is 220 g/mol. The number of hydrogen-bond donors (Lipinski definition) is 2. The van der Waals surface area contributed by atoms with Crippen LogP contribution in [-0.4, -0.2) is 33.5 Å². The van der Waals surface area contributed by atoms with Crippen LogP contribution in [0.4, 0.5) is 0 Å². The fourth-order valence-corrected chi connectivity index (χ4v) is 3.34. The Morgan fingerprint density at radius 3 is 3.25 bits per heavy atom. The maximum Gasteiger partial charge on any atom is 0.183 e. The Balaban J connectivity index is 1.69. The van der Waals surface area contributed by atoms with Crippen molar-refractivity contribution in [3.8, 4) is 0 Å². The third-order valence-electron chi connectivity index (χ3n) is 3.25. The second kappa shape index (κ2) is 6.25. The lowest BCUT2D eigenvalue weighted by Gasteiger charge is -2.19. The van der Waals surface area contributed by atoms with E-state index in [-0.39, 0.29) is 0 Å². The fraction of sp³-hybridized carbons (Fsp3) is 0.818. The van der Waals surface area contributed by atoms with Gasteiger partial charge < -0.3 is 5.32 Å². The first-order chi connectivity index (χ1) is 7.90. The highest BCUT2D eigenvalue weighted by Crippen LogP contribution is 2.30. The number of hydrogen-bond acceptors (Lipinski definition) is 4. The van der Waals surface area contributed by atoms with Gasteiger partial charge in [0.05, 0.1) is 0 Å². The Labute approximate surface area is 101 Å². The number of nitrogens with zero attached hydrogens (tertiary/aromatic N) is 2. The van der Waals surface area contributed by atoms with E-state index in [2.05, 4.69) is 27.4 Å². The average molecular weight is 240 g/mol. The first-order valence-corrected chi connectivity index (χ1v) is 7.10. The zero-order valence-corrected chi connectivity index (χ0v) is 10.6. The van der Waals surface area contributed by atoms with Crippen molar-refractivity contribution in [1.29, 1.82) is 0 Å². The topological polar surface area (TPSA) is 53.6 Å². The maximum absolute atomic E-state index is 4.12. The number of rotatable bonds is 6. The van der Waals surface area contributed by atoms with Crippen LogP contribution in [0.25, 0.3) is 0 Å². The molecule has 0 aromatic carbocycles. The Morgan fingerprint density at radius 2 is 2.50 bits per heavy atom. The van der Waals surface area contributed by atoms with Crippen LogP contribution >= 0.6 is 11.8 Å². The van der Waals surface area contributed by atoms with E-state index in [4.69, 9.17) is 0 Å². The van der Waals surface area contributed by atoms with Crippen molar-refractivity contribution in [2.75, 3.05) is 12.3 Å². The first-order valence-electron chi connectivity index (χ1n) is 6.11. The summed E-state index contributed by atoms with van der Waals surface area (Å²) >= 11 is 1.78. The number of thioether (sulfide) groups is 1. The summed E-state index contributed by atoms with van der Waals surface area (Å²) < 4.78 is 0. The van der Waals surface area contributed by atoms with Crippen LogP contribution in [0.1, 0.15) is 32.6 Å². The molecule has 4 nitrogen and oxygen atoms in total. The van der Waals surface area contributed by atoms with Crippen molar-refractivity contribution in [1.82, 2.24) is 20.5 Å². The molecule has 1 aromatic heterocycles. The van der Waals surface area contributed by atoms with Gasteiger partial charge in [-0.25, -0.2) is 4.98 Å². The molecule has 90 valence electrons. The molecule has 0 spiro atoms. The molecule has 5 heteroatoms. The van der Waals surface area contributed by atoms with E-state index in [1.54, 1.807) is 18.1 Å². The maximum atomic E-state index is 4.12. The van der Waals surface area contributed by atoms with Crippen molar-refractivity contribution in [3.05, 3.63) is 6.33 Å². The molecule has 1 saturated carbocycles. The normalized spacial score (nSPS) is 25.1. The highest BCUT2D eigenvalue weighted by atomic mass is 32.2. The molecule has 1 aliphatic carbocycles. The monoisotopic (exact) mass is 240 g/mol. The van der Waals surface area contributed by atoms with Crippen molar-refractivity contribution >= 4 is 11.8 Å². The van der Waals surface area contributed by atoms with E-state index in [1.165, 1.54) is 25.7 Å². The summed E-state index contributed by atoms with van der Waals surface area (Å²) in [6.07, 6.45) is 6.97. The second-order valence-corrected chi connectivity index (χ2v) is 5.37. The molecule has 0 aliphatic heterocycles. The Kier molecular flexibility index (Phi) is 4.66. The summed E-state index contributed by atoms with van der Waals surface area (Å²) in [7, 11) is 0. The lowest BCUT2D eigenvalue weighted by Crippen LogP contribution is -2.32. The molecule has 0 radical (unpaired) electrons. The Hall–Kier alpha value is -0.550. The summed E-state index contributed by atoms with van der Waals surface area (Å²) in [6, 6.07) is 0.750. The molecule has 1 aliphatic rings. The first kappa shape index (κ1) is 11.9. The SMILES string of the molecule is CCNC1CCCC1CCSc1ncn[nH]1. The lowest BCUT2D eigenvalue weighted by atomic mass is 10.0. The number of nitrogens with one attached hydrogen (secondary N) is 2. The van der Waals surface area contributed by atoms with E-state index in [0.717, 1.165) is 29.4 Å². The van der Waals surface area contributed by atoms with Crippen LogP contribution in [0.3, 0.4) is 0 Å². The Morgan fingerprint density at radius 1 is 1.56 bits per heavy atom. The van der Waals surface area contributed by atoms with E-state index in [1.807, 2.05) is 0 Å². The van der Waals surface area contributed by atoms with Crippen LogP contribution in [-0.2, 0) is 0 Å². The largest absolute Gasteiger partial charge is 0.314 e. The highest BCUT2D eigenvalue weighted by Gasteiger charge is 2.25. The van der Waals surface area contributed by atoms with Crippen molar-refractivity contribution < 1.29 is 0 Å². The van der Waals surface area contributed by atoms with Gasteiger partial charge in [0.15, 0.2) is 5.16 Å². The summed E-state index contributed by atoms with van der Waals surface area (Å²) in [5, 5.41) is 11.3. The molecule has 0 amide bonds. The molecule has 2 rings (SSSR count). The average Bonchev–Trinajstić information content (AvgIpc) is 2.91. The van der Waals surface area contributed by atoms with Gasteiger partial charge in [0.1, 0.15) is 6.33 Å². The summed E-state index contributed by atoms with van der Waals surface area (Å²) in [4.78, 5) is 4.12. The predicted molar refractivity (Wildman–Crippen MR) is 66.5 cm³/mol. The van der Waals surface area contributed by atoms with E-state index in [9.17, 15) is 0 Å². The van der Waals surface area contributed by atoms with Gasteiger partial charge in [0, 0.05) is 11.8 Å². The molecule has 0 bridgehead atoms. The number of H-pyrrole nitrogens is 1. The van der Waals surface area contributed by atoms with Gasteiger partial charge in [-0.1, -0.05) is 25.1 Å². The van der Waals surface area contributed by atoms with Gasteiger partial charge in [-0.15, -0.1) is 0 Å². The van der Waals surface area contributed by atoms with Crippen molar-refractivity contribution in [3.63, 3.8) is 0 Å². The molecule has 1 aromatic rings. The lowest BCUT2D eigenvalue weighted by molar-refractivity contribution is 0.400. The van der Waals surface area contributed by atoms with Crippen molar-refractivity contribution in [2.24, 2.45) is 5.92 Å². The van der Waals surface area contributed by atoms with Crippen LogP contribution in [0.2, 0.25) is 0 Å². The molecule has 0 saturated heterocycles. The molecule has 2 N–H and O–H groups in total. The van der Waals surface area contributed by atoms with Gasteiger partial charge in [-0.2, -0.15) is 5.10 Å². The van der Waals surface area contributed by atoms with Gasteiger partial charge in [0.2, 0.25) is 0 Å². The van der Waals surface area contributed by atoms with Crippen molar-refractivity contribution in [2.45, 2.75) is 43.8 Å². The van der Waals surface area contributed by atoms with Crippen LogP contribution in [0.15, 0.2) is 11.5 Å². The van der Waals surface area contributed by atoms with E-state index < -0.39 is 0 Å². The second-order valence-electron chi connectivity index (χ2n) is 4.28. The minimum absolute atomic E-state index is 0.750. The quantitative estimate of drug-likeness (QED) is 0.747. The number of aromatic amines is 1. The predicted octanol–water partition coefficient (Wildman–Crippen LogP) is 2.07. The fourth-order valence-electron chi connectivity index (χ4n) is 2.48. The zero-order chi connectivity index (χ0) is 11.2. The number of aromatic nitrogens is 3. The third kappa shape index (κ3) is 3.22. The van der Waals surface area contributed by atoms with Gasteiger partial charge in [0.25, 0.3) is 0 Å².